The van der Waals surface area contributed by atoms with Crippen molar-refractivity contribution >= 4 is 21.8 Å². The molecule has 0 aliphatic carbocycles. The average molecular weight is 321 g/mol. The Morgan fingerprint density at radius 3 is 2.58 bits per heavy atom. The molecule has 2 N–H and O–H groups in total. The molecule has 2 rings (SSSR count). The number of aliphatic hydroxyl groups is 1. The Hall–Kier alpha value is -1.72. The van der Waals surface area contributed by atoms with Crippen molar-refractivity contribution in [1.82, 2.24) is 10.3 Å². The van der Waals surface area contributed by atoms with E-state index in [1.165, 1.54) is 0 Å². The number of amides is 1. The van der Waals surface area contributed by atoms with Gasteiger partial charge in [-0.05, 0) is 33.6 Å². The molecule has 1 atom stereocenters. The second-order valence-electron chi connectivity index (χ2n) is 3.98. The Balaban J connectivity index is 2.10. The van der Waals surface area contributed by atoms with Gasteiger partial charge in [-0.1, -0.05) is 30.3 Å². The highest BCUT2D eigenvalue weighted by molar-refractivity contribution is 9.10. The topological polar surface area (TPSA) is 62.2 Å². The van der Waals surface area contributed by atoms with Gasteiger partial charge in [-0.2, -0.15) is 0 Å². The van der Waals surface area contributed by atoms with E-state index in [2.05, 4.69) is 26.2 Å². The molecule has 0 aliphatic rings. The monoisotopic (exact) mass is 320 g/mol. The van der Waals surface area contributed by atoms with E-state index in [9.17, 15) is 9.90 Å². The standard InChI is InChI=1S/C14H13BrN2O2/c15-11-6-7-12(16-8-11)14(19)17-13(9-18)10-4-2-1-3-5-10/h1-8,13,18H,9H2,(H,17,19). The molecule has 1 aromatic heterocycles. The van der Waals surface area contributed by atoms with E-state index in [0.717, 1.165) is 10.0 Å². The van der Waals surface area contributed by atoms with Gasteiger partial charge in [-0.15, -0.1) is 0 Å². The molecule has 4 nitrogen and oxygen atoms in total. The van der Waals surface area contributed by atoms with Gasteiger partial charge in [-0.25, -0.2) is 4.98 Å². The number of nitrogens with zero attached hydrogens (tertiary/aromatic N) is 1. The molecule has 0 radical (unpaired) electrons. The number of benzene rings is 1. The third kappa shape index (κ3) is 3.62. The fraction of sp³-hybridized carbons (Fsp3) is 0.143. The van der Waals surface area contributed by atoms with E-state index >= 15 is 0 Å². The van der Waals surface area contributed by atoms with E-state index in [0.29, 0.717) is 5.69 Å². The van der Waals surface area contributed by atoms with Gasteiger partial charge in [0.1, 0.15) is 5.69 Å². The van der Waals surface area contributed by atoms with Crippen LogP contribution in [0.1, 0.15) is 22.1 Å². The van der Waals surface area contributed by atoms with E-state index in [-0.39, 0.29) is 12.5 Å². The molecule has 0 fully saturated rings. The van der Waals surface area contributed by atoms with Crippen LogP contribution in [0, 0.1) is 0 Å². The highest BCUT2D eigenvalue weighted by Crippen LogP contribution is 2.13. The summed E-state index contributed by atoms with van der Waals surface area (Å²) in [6.07, 6.45) is 1.56. The number of aliphatic hydroxyl groups excluding tert-OH is 1. The molecule has 0 saturated heterocycles. The van der Waals surface area contributed by atoms with E-state index in [1.807, 2.05) is 30.3 Å². The first-order valence-corrected chi connectivity index (χ1v) is 6.58. The molecule has 0 spiro atoms. The second kappa shape index (κ2) is 6.45. The van der Waals surface area contributed by atoms with Crippen molar-refractivity contribution in [3.8, 4) is 0 Å². The maximum Gasteiger partial charge on any atom is 0.270 e. The largest absolute Gasteiger partial charge is 0.394 e. The Morgan fingerprint density at radius 1 is 1.26 bits per heavy atom. The summed E-state index contributed by atoms with van der Waals surface area (Å²) < 4.78 is 0.811. The molecule has 1 heterocycles. The first-order chi connectivity index (χ1) is 9.20. The Labute approximate surface area is 119 Å². The Bertz CT molecular complexity index is 543. The van der Waals surface area contributed by atoms with Crippen molar-refractivity contribution in [2.24, 2.45) is 0 Å². The Morgan fingerprint density at radius 2 is 2.00 bits per heavy atom. The zero-order valence-electron chi connectivity index (χ0n) is 10.1. The van der Waals surface area contributed by atoms with Crippen LogP contribution in [0.2, 0.25) is 0 Å². The lowest BCUT2D eigenvalue weighted by molar-refractivity contribution is 0.0911. The molecule has 1 unspecified atom stereocenters. The van der Waals surface area contributed by atoms with E-state index in [4.69, 9.17) is 0 Å². The van der Waals surface area contributed by atoms with Gasteiger partial charge < -0.3 is 10.4 Å². The average Bonchev–Trinajstić information content (AvgIpc) is 2.46. The van der Waals surface area contributed by atoms with Crippen molar-refractivity contribution in [1.29, 1.82) is 0 Å². The number of aromatic nitrogens is 1. The molecule has 1 amide bonds. The number of hydrogen-bond acceptors (Lipinski definition) is 3. The molecule has 0 saturated carbocycles. The smallest absolute Gasteiger partial charge is 0.270 e. The molecule has 98 valence electrons. The minimum absolute atomic E-state index is 0.160. The van der Waals surface area contributed by atoms with E-state index < -0.39 is 6.04 Å². The fourth-order valence-electron chi connectivity index (χ4n) is 1.66. The highest BCUT2D eigenvalue weighted by Gasteiger charge is 2.15. The van der Waals surface area contributed by atoms with Gasteiger partial charge in [0.25, 0.3) is 5.91 Å². The zero-order valence-corrected chi connectivity index (χ0v) is 11.7. The SMILES string of the molecule is O=C(NC(CO)c1ccccc1)c1ccc(Br)cn1. The van der Waals surface area contributed by atoms with Gasteiger partial charge >= 0.3 is 0 Å². The van der Waals surface area contributed by atoms with Crippen LogP contribution < -0.4 is 5.32 Å². The van der Waals surface area contributed by atoms with Crippen LogP contribution in [0.25, 0.3) is 0 Å². The number of halogens is 1. The minimum Gasteiger partial charge on any atom is -0.394 e. The third-order valence-corrected chi connectivity index (χ3v) is 3.12. The van der Waals surface area contributed by atoms with Crippen LogP contribution in [0.5, 0.6) is 0 Å². The number of carbonyl (C=O) groups is 1. The summed E-state index contributed by atoms with van der Waals surface area (Å²) in [5.41, 5.74) is 1.17. The number of carbonyl (C=O) groups excluding carboxylic acids is 1. The van der Waals surface area contributed by atoms with Crippen molar-refractivity contribution in [3.63, 3.8) is 0 Å². The Kier molecular flexibility index (Phi) is 4.65. The summed E-state index contributed by atoms with van der Waals surface area (Å²) in [6, 6.07) is 12.3. The highest BCUT2D eigenvalue weighted by atomic mass is 79.9. The van der Waals surface area contributed by atoms with Crippen LogP contribution >= 0.6 is 15.9 Å². The third-order valence-electron chi connectivity index (χ3n) is 2.65. The molecule has 2 aromatic rings. The summed E-state index contributed by atoms with van der Waals surface area (Å²) >= 11 is 3.26. The van der Waals surface area contributed by atoms with Gasteiger partial charge in [0.15, 0.2) is 0 Å². The second-order valence-corrected chi connectivity index (χ2v) is 4.90. The van der Waals surface area contributed by atoms with Crippen molar-refractivity contribution < 1.29 is 9.90 Å². The van der Waals surface area contributed by atoms with Crippen molar-refractivity contribution in [2.45, 2.75) is 6.04 Å². The van der Waals surface area contributed by atoms with Crippen LogP contribution in [-0.4, -0.2) is 22.6 Å². The summed E-state index contributed by atoms with van der Waals surface area (Å²) in [7, 11) is 0. The van der Waals surface area contributed by atoms with Gasteiger partial charge in [0.2, 0.25) is 0 Å². The van der Waals surface area contributed by atoms with Gasteiger partial charge in [-0.3, -0.25) is 4.79 Å². The summed E-state index contributed by atoms with van der Waals surface area (Å²) in [4.78, 5) is 16.0. The lowest BCUT2D eigenvalue weighted by Gasteiger charge is -2.16. The number of nitrogens with one attached hydrogen (secondary N) is 1. The van der Waals surface area contributed by atoms with Crippen LogP contribution in [0.4, 0.5) is 0 Å². The normalized spacial score (nSPS) is 11.9. The van der Waals surface area contributed by atoms with Gasteiger partial charge in [0.05, 0.1) is 12.6 Å². The molecular formula is C14H13BrN2O2. The first kappa shape index (κ1) is 13.7. The van der Waals surface area contributed by atoms with Gasteiger partial charge in [0, 0.05) is 10.7 Å². The first-order valence-electron chi connectivity index (χ1n) is 5.79. The predicted octanol–water partition coefficient (Wildman–Crippen LogP) is 2.31. The van der Waals surface area contributed by atoms with E-state index in [1.54, 1.807) is 18.3 Å². The van der Waals surface area contributed by atoms with Crippen LogP contribution in [-0.2, 0) is 0 Å². The summed E-state index contributed by atoms with van der Waals surface area (Å²) in [5.74, 6) is -0.310. The number of hydrogen-bond donors (Lipinski definition) is 2. The quantitative estimate of drug-likeness (QED) is 0.908. The molecule has 0 bridgehead atoms. The number of rotatable bonds is 4. The zero-order chi connectivity index (χ0) is 13.7. The molecular weight excluding hydrogens is 308 g/mol. The molecule has 19 heavy (non-hydrogen) atoms. The maximum absolute atomic E-state index is 12.0. The number of pyridine rings is 1. The van der Waals surface area contributed by atoms with Crippen LogP contribution in [0.15, 0.2) is 53.1 Å². The lowest BCUT2D eigenvalue weighted by atomic mass is 10.1. The van der Waals surface area contributed by atoms with Crippen molar-refractivity contribution in [2.75, 3.05) is 6.61 Å². The molecule has 0 aliphatic heterocycles. The maximum atomic E-state index is 12.0. The molecule has 1 aromatic carbocycles. The fourth-order valence-corrected chi connectivity index (χ4v) is 1.90. The van der Waals surface area contributed by atoms with Crippen molar-refractivity contribution in [3.05, 3.63) is 64.4 Å². The predicted molar refractivity (Wildman–Crippen MR) is 75.7 cm³/mol. The lowest BCUT2D eigenvalue weighted by Crippen LogP contribution is -2.31. The summed E-state index contributed by atoms with van der Waals surface area (Å²) in [6.45, 7) is -0.160. The minimum atomic E-state index is -0.431. The summed E-state index contributed by atoms with van der Waals surface area (Å²) in [5, 5.41) is 12.1. The van der Waals surface area contributed by atoms with Crippen LogP contribution in [0.3, 0.4) is 0 Å². The molecule has 5 heteroatoms.